The highest BCUT2D eigenvalue weighted by Crippen LogP contribution is 2.17. The minimum absolute atomic E-state index is 0. The van der Waals surface area contributed by atoms with Crippen LogP contribution in [0.3, 0.4) is 0 Å². The fraction of sp³-hybridized carbons (Fsp3) is 0.280. The Morgan fingerprint density at radius 3 is 2.08 bits per heavy atom. The lowest BCUT2D eigenvalue weighted by Crippen LogP contribution is -2.17. The van der Waals surface area contributed by atoms with Gasteiger partial charge in [-0.3, -0.25) is 24.0 Å². The van der Waals surface area contributed by atoms with E-state index in [9.17, 15) is 41.5 Å². The number of nitrogens with zero attached hydrogens (tertiary/aromatic N) is 1. The number of aliphatic carboxylic acids is 1. The van der Waals surface area contributed by atoms with Crippen LogP contribution in [0.25, 0.3) is 10.9 Å². The minimum atomic E-state index is -0.983. The first-order valence-electron chi connectivity index (χ1n) is 11.2. The maximum absolute atomic E-state index is 13.5. The van der Waals surface area contributed by atoms with Crippen molar-refractivity contribution in [2.45, 2.75) is 46.0 Å². The number of esters is 2. The molecule has 1 aromatic heterocycles. The number of carboxylic acid groups (broad SMARTS) is 1. The third kappa shape index (κ3) is 9.81. The molecule has 216 valence electrons. The van der Waals surface area contributed by atoms with Crippen LogP contribution in [-0.2, 0) is 25.5 Å². The van der Waals surface area contributed by atoms with Crippen LogP contribution in [0, 0.1) is 23.3 Å². The van der Waals surface area contributed by atoms with Gasteiger partial charge in [0.2, 0.25) is 0 Å². The molecule has 1 saturated heterocycles. The number of carboxylic acids is 1. The summed E-state index contributed by atoms with van der Waals surface area (Å²) in [5.74, 6) is -6.13. The normalized spacial score (nSPS) is 12.2. The third-order valence-corrected chi connectivity index (χ3v) is 4.93. The lowest BCUT2D eigenvalue weighted by molar-refractivity contribution is -0.163. The molecule has 15 heteroatoms. The summed E-state index contributed by atoms with van der Waals surface area (Å²) in [7, 11) is 0. The number of nitrogens with two attached hydrogens (primary N) is 2. The molecule has 2 heterocycles. The molecule has 0 saturated carbocycles. The van der Waals surface area contributed by atoms with Crippen LogP contribution in [0.5, 0.6) is 0 Å². The molecule has 40 heavy (non-hydrogen) atoms. The summed E-state index contributed by atoms with van der Waals surface area (Å²) in [6.45, 7) is 0. The maximum Gasteiger partial charge on any atom is 0.313 e. The summed E-state index contributed by atoms with van der Waals surface area (Å²) in [5.41, 5.74) is 8.29. The van der Waals surface area contributed by atoms with Gasteiger partial charge in [-0.05, 0) is 25.0 Å². The van der Waals surface area contributed by atoms with E-state index in [1.807, 2.05) is 0 Å². The molecule has 11 nitrogen and oxygen atoms in total. The van der Waals surface area contributed by atoms with E-state index in [0.717, 1.165) is 12.1 Å². The SMILES string of the molecule is C.NC(=O)c1cc(F)cc(F)c1N.O=C(O)CCCc1nc2c(F)cc(F)cc2c(=O)[nH]1.O=C1CCCC(=O)O1. The van der Waals surface area contributed by atoms with Crippen LogP contribution in [0.2, 0.25) is 0 Å². The molecular weight excluding hydrogens is 544 g/mol. The van der Waals surface area contributed by atoms with Gasteiger partial charge in [-0.1, -0.05) is 7.43 Å². The van der Waals surface area contributed by atoms with Gasteiger partial charge >= 0.3 is 17.9 Å². The summed E-state index contributed by atoms with van der Waals surface area (Å²) < 4.78 is 55.8. The fourth-order valence-electron chi connectivity index (χ4n) is 3.13. The zero-order chi connectivity index (χ0) is 29.3. The second-order valence-electron chi connectivity index (χ2n) is 7.96. The number of ether oxygens (including phenoxy) is 1. The molecule has 0 spiro atoms. The number of halogens is 4. The van der Waals surface area contributed by atoms with Crippen molar-refractivity contribution in [1.82, 2.24) is 9.97 Å². The number of hydrogen-bond acceptors (Lipinski definition) is 8. The van der Waals surface area contributed by atoms with E-state index in [2.05, 4.69) is 14.7 Å². The Hall–Kier alpha value is -4.82. The van der Waals surface area contributed by atoms with E-state index < -0.39 is 46.4 Å². The van der Waals surface area contributed by atoms with E-state index in [0.29, 0.717) is 31.4 Å². The predicted molar refractivity (Wildman–Crippen MR) is 134 cm³/mol. The molecule has 1 aliphatic heterocycles. The molecule has 1 amide bonds. The van der Waals surface area contributed by atoms with E-state index in [4.69, 9.17) is 16.6 Å². The molecule has 2 aromatic carbocycles. The number of amides is 1. The number of aromatic nitrogens is 2. The molecule has 4 rings (SSSR count). The smallest absolute Gasteiger partial charge is 0.313 e. The van der Waals surface area contributed by atoms with Crippen molar-refractivity contribution >= 4 is 40.4 Å². The van der Waals surface area contributed by atoms with Crippen molar-refractivity contribution in [3.63, 3.8) is 0 Å². The lowest BCUT2D eigenvalue weighted by Gasteiger charge is -2.06. The number of anilines is 1. The molecule has 0 aliphatic carbocycles. The number of carbonyl (C=O) groups is 4. The number of nitrogens with one attached hydrogen (secondary N) is 1. The van der Waals surface area contributed by atoms with Gasteiger partial charge in [-0.2, -0.15) is 0 Å². The zero-order valence-corrected chi connectivity index (χ0v) is 20.1. The van der Waals surface area contributed by atoms with Crippen LogP contribution in [0.1, 0.15) is 55.7 Å². The van der Waals surface area contributed by atoms with E-state index >= 15 is 0 Å². The molecular formula is C25H26F4N4O7. The number of aromatic amines is 1. The lowest BCUT2D eigenvalue weighted by atomic mass is 10.1. The molecule has 0 unspecified atom stereocenters. The third-order valence-electron chi connectivity index (χ3n) is 4.93. The van der Waals surface area contributed by atoms with Gasteiger partial charge in [-0.25, -0.2) is 22.5 Å². The second-order valence-corrected chi connectivity index (χ2v) is 7.96. The topological polar surface area (TPSA) is 196 Å². The fourth-order valence-corrected chi connectivity index (χ4v) is 3.13. The monoisotopic (exact) mass is 570 g/mol. The minimum Gasteiger partial charge on any atom is -0.481 e. The number of carbonyl (C=O) groups excluding carboxylic acids is 3. The molecule has 1 fully saturated rings. The van der Waals surface area contributed by atoms with Crippen LogP contribution in [0.15, 0.2) is 29.1 Å². The van der Waals surface area contributed by atoms with Crippen molar-refractivity contribution in [1.29, 1.82) is 0 Å². The number of cyclic esters (lactones) is 2. The van der Waals surface area contributed by atoms with E-state index in [-0.39, 0.29) is 60.9 Å². The Morgan fingerprint density at radius 1 is 0.975 bits per heavy atom. The molecule has 0 bridgehead atoms. The summed E-state index contributed by atoms with van der Waals surface area (Å²) in [6.07, 6.45) is 1.84. The average Bonchev–Trinajstić information content (AvgIpc) is 2.82. The first-order chi connectivity index (χ1) is 18.3. The standard InChI is InChI=1S/C12H10F2N2O3.C7H6F2N2O.C5H6O3.CH4/c13-6-4-7-11(8(14)5-6)15-9(16-12(7)19)2-1-3-10(17)18;8-3-1-4(7(11)12)6(10)5(9)2-3;6-4-2-1-3-5(7)8-4;/h4-5H,1-3H2,(H,17,18)(H,15,16,19);1-2H,10H2,(H2,11,12);1-3H2;1H4. The first-order valence-corrected chi connectivity index (χ1v) is 11.2. The number of benzene rings is 2. The Morgan fingerprint density at radius 2 is 1.55 bits per heavy atom. The molecule has 6 N–H and O–H groups in total. The summed E-state index contributed by atoms with van der Waals surface area (Å²) in [5, 5.41) is 8.33. The highest BCUT2D eigenvalue weighted by Gasteiger charge is 2.16. The Balaban J connectivity index is 0.000000326. The van der Waals surface area contributed by atoms with Crippen LogP contribution < -0.4 is 17.0 Å². The van der Waals surface area contributed by atoms with Crippen LogP contribution >= 0.6 is 0 Å². The maximum atomic E-state index is 13.5. The Kier molecular flexibility index (Phi) is 12.4. The summed E-state index contributed by atoms with van der Waals surface area (Å²) in [6, 6.07) is 2.93. The number of nitrogen functional groups attached to an aromatic ring is 1. The van der Waals surface area contributed by atoms with Crippen molar-refractivity contribution in [2.24, 2.45) is 5.73 Å². The number of primary amides is 1. The van der Waals surface area contributed by atoms with Gasteiger partial charge in [0.05, 0.1) is 16.6 Å². The van der Waals surface area contributed by atoms with Crippen LogP contribution in [0.4, 0.5) is 23.2 Å². The highest BCUT2D eigenvalue weighted by atomic mass is 19.1. The summed E-state index contributed by atoms with van der Waals surface area (Å²) >= 11 is 0. The molecule has 0 atom stereocenters. The Labute approximate surface area is 224 Å². The zero-order valence-electron chi connectivity index (χ0n) is 20.1. The van der Waals surface area contributed by atoms with Gasteiger partial charge in [0.1, 0.15) is 28.8 Å². The second kappa shape index (κ2) is 14.9. The predicted octanol–water partition coefficient (Wildman–Crippen LogP) is 3.13. The van der Waals surface area contributed by atoms with Gasteiger partial charge in [-0.15, -0.1) is 0 Å². The number of aryl methyl sites for hydroxylation is 1. The van der Waals surface area contributed by atoms with Crippen molar-refractivity contribution in [3.05, 3.63) is 69.3 Å². The molecule has 3 aromatic rings. The van der Waals surface area contributed by atoms with Crippen molar-refractivity contribution < 1.29 is 46.6 Å². The van der Waals surface area contributed by atoms with Crippen molar-refractivity contribution in [3.8, 4) is 0 Å². The van der Waals surface area contributed by atoms with Gasteiger partial charge in [0, 0.05) is 37.8 Å². The van der Waals surface area contributed by atoms with Gasteiger partial charge in [0.15, 0.2) is 5.82 Å². The average molecular weight is 570 g/mol. The first kappa shape index (κ1) is 33.2. The van der Waals surface area contributed by atoms with Gasteiger partial charge < -0.3 is 26.3 Å². The highest BCUT2D eigenvalue weighted by molar-refractivity contribution is 5.98. The number of hydrogen-bond donors (Lipinski definition) is 4. The van der Waals surface area contributed by atoms with Gasteiger partial charge in [0.25, 0.3) is 11.5 Å². The molecule has 1 aliphatic rings. The molecule has 0 radical (unpaired) electrons. The quantitative estimate of drug-likeness (QED) is 0.154. The summed E-state index contributed by atoms with van der Waals surface area (Å²) in [4.78, 5) is 59.3. The Bertz CT molecular complexity index is 1460. The number of H-pyrrole nitrogens is 1. The largest absolute Gasteiger partial charge is 0.481 e. The van der Waals surface area contributed by atoms with Crippen LogP contribution in [-0.4, -0.2) is 38.9 Å². The van der Waals surface area contributed by atoms with E-state index in [1.165, 1.54) is 0 Å². The van der Waals surface area contributed by atoms with E-state index in [1.54, 1.807) is 0 Å². The number of fused-ring (bicyclic) bond motifs is 1. The number of rotatable bonds is 5. The van der Waals surface area contributed by atoms with Crippen molar-refractivity contribution in [2.75, 3.05) is 5.73 Å².